The fourth-order valence-corrected chi connectivity index (χ4v) is 3.64. The van der Waals surface area contributed by atoms with Gasteiger partial charge in [-0.25, -0.2) is 8.51 Å². The Hall–Kier alpha value is -2.64. The van der Waals surface area contributed by atoms with E-state index < -0.39 is 11.0 Å². The van der Waals surface area contributed by atoms with Crippen molar-refractivity contribution in [2.75, 3.05) is 14.2 Å². The molecule has 0 bridgehead atoms. The Balaban J connectivity index is 1.81. The highest BCUT2D eigenvalue weighted by atomic mass is 32.2. The Bertz CT molecular complexity index is 784. The predicted molar refractivity (Wildman–Crippen MR) is 100 cm³/mol. The second kappa shape index (κ2) is 8.64. The summed E-state index contributed by atoms with van der Waals surface area (Å²) < 4.78 is 25.3. The van der Waals surface area contributed by atoms with Crippen molar-refractivity contribution in [3.8, 4) is 11.5 Å². The molecule has 3 rings (SSSR count). The fourth-order valence-electron chi connectivity index (χ4n) is 2.52. The summed E-state index contributed by atoms with van der Waals surface area (Å²) in [7, 11) is 1.92. The number of benzene rings is 2. The maximum atomic E-state index is 13.0. The molecule has 136 valence electrons. The molecule has 3 aromatic rings. The second-order valence-corrected chi connectivity index (χ2v) is 7.12. The lowest BCUT2D eigenvalue weighted by Crippen LogP contribution is -2.25. The van der Waals surface area contributed by atoms with Crippen LogP contribution in [0.1, 0.15) is 11.1 Å². The third-order valence-corrected chi connectivity index (χ3v) is 5.26. The van der Waals surface area contributed by atoms with Crippen LogP contribution in [0.25, 0.3) is 0 Å². The van der Waals surface area contributed by atoms with Gasteiger partial charge >= 0.3 is 0 Å². The number of aromatic nitrogens is 2. The van der Waals surface area contributed by atoms with Gasteiger partial charge in [-0.2, -0.15) is 5.10 Å². The van der Waals surface area contributed by atoms with Gasteiger partial charge in [0.15, 0.2) is 0 Å². The van der Waals surface area contributed by atoms with Crippen molar-refractivity contribution in [2.45, 2.75) is 18.1 Å². The molecule has 0 saturated carbocycles. The standard InChI is InChI=1S/C19H21N3O3S/c1-24-17-7-3-15(4-8-17)13-22(26(23)19-11-12-20-21-19)14-16-5-9-18(25-2)10-6-16/h3-12H,13-14H2,1-2H3,(H,20,21). The zero-order valence-electron chi connectivity index (χ0n) is 14.7. The van der Waals surface area contributed by atoms with Gasteiger partial charge in [-0.1, -0.05) is 24.3 Å². The van der Waals surface area contributed by atoms with Crippen molar-refractivity contribution in [2.24, 2.45) is 0 Å². The Morgan fingerprint density at radius 1 is 0.885 bits per heavy atom. The maximum absolute atomic E-state index is 13.0. The van der Waals surface area contributed by atoms with Crippen molar-refractivity contribution in [3.63, 3.8) is 0 Å². The zero-order valence-corrected chi connectivity index (χ0v) is 15.5. The largest absolute Gasteiger partial charge is 0.497 e. The number of hydrogen-bond donors (Lipinski definition) is 1. The van der Waals surface area contributed by atoms with E-state index in [1.165, 1.54) is 0 Å². The molecule has 1 aromatic heterocycles. The molecule has 1 heterocycles. The first-order valence-electron chi connectivity index (χ1n) is 8.11. The molecular weight excluding hydrogens is 350 g/mol. The summed E-state index contributed by atoms with van der Waals surface area (Å²) in [5.74, 6) is 1.59. The number of aromatic amines is 1. The van der Waals surface area contributed by atoms with Crippen molar-refractivity contribution in [1.29, 1.82) is 0 Å². The van der Waals surface area contributed by atoms with Crippen LogP contribution in [0, 0.1) is 0 Å². The first kappa shape index (κ1) is 18.2. The van der Waals surface area contributed by atoms with Crippen molar-refractivity contribution >= 4 is 11.0 Å². The minimum atomic E-state index is -1.35. The SMILES string of the molecule is COc1ccc(CN(Cc2ccc(OC)cc2)S(=O)c2ccn[nH]2)cc1. The molecule has 0 radical (unpaired) electrons. The monoisotopic (exact) mass is 371 g/mol. The van der Waals surface area contributed by atoms with Gasteiger partial charge in [-0.05, 0) is 41.5 Å². The van der Waals surface area contributed by atoms with Crippen molar-refractivity contribution < 1.29 is 13.7 Å². The van der Waals surface area contributed by atoms with E-state index in [-0.39, 0.29) is 0 Å². The summed E-state index contributed by atoms with van der Waals surface area (Å²) in [6.45, 7) is 1.06. The maximum Gasteiger partial charge on any atom is 0.146 e. The average molecular weight is 371 g/mol. The molecule has 0 saturated heterocycles. The summed E-state index contributed by atoms with van der Waals surface area (Å²) >= 11 is 0. The molecule has 1 atom stereocenters. The van der Waals surface area contributed by atoms with E-state index in [0.717, 1.165) is 22.6 Å². The topological polar surface area (TPSA) is 67.5 Å². The molecule has 0 amide bonds. The summed E-state index contributed by atoms with van der Waals surface area (Å²) in [6, 6.07) is 17.2. The molecule has 6 nitrogen and oxygen atoms in total. The Kier molecular flexibility index (Phi) is 6.04. The summed E-state index contributed by atoms with van der Waals surface area (Å²) in [5, 5.41) is 7.28. The van der Waals surface area contributed by atoms with Gasteiger partial charge in [0.25, 0.3) is 0 Å². The fraction of sp³-hybridized carbons (Fsp3) is 0.211. The Labute approximate surface area is 155 Å². The highest BCUT2D eigenvalue weighted by molar-refractivity contribution is 7.82. The number of methoxy groups -OCH3 is 2. The van der Waals surface area contributed by atoms with Crippen LogP contribution in [0.5, 0.6) is 11.5 Å². The van der Waals surface area contributed by atoms with Crippen molar-refractivity contribution in [3.05, 3.63) is 71.9 Å². The molecular formula is C19H21N3O3S. The van der Waals surface area contributed by atoms with Gasteiger partial charge < -0.3 is 9.47 Å². The molecule has 1 unspecified atom stereocenters. The Morgan fingerprint density at radius 2 is 1.38 bits per heavy atom. The zero-order chi connectivity index (χ0) is 18.4. The van der Waals surface area contributed by atoms with E-state index in [1.807, 2.05) is 52.8 Å². The predicted octanol–water partition coefficient (Wildman–Crippen LogP) is 3.15. The summed E-state index contributed by atoms with van der Waals surface area (Å²) in [5.41, 5.74) is 2.10. The lowest BCUT2D eigenvalue weighted by atomic mass is 10.2. The van der Waals surface area contributed by atoms with Crippen LogP contribution in [0.15, 0.2) is 65.8 Å². The minimum absolute atomic E-state index is 0.529. The van der Waals surface area contributed by atoms with Crippen LogP contribution in [0.4, 0.5) is 0 Å². The summed E-state index contributed by atoms with van der Waals surface area (Å²) in [6.07, 6.45) is 1.60. The number of nitrogens with one attached hydrogen (secondary N) is 1. The van der Waals surface area contributed by atoms with E-state index in [0.29, 0.717) is 18.1 Å². The smallest absolute Gasteiger partial charge is 0.146 e. The van der Waals surface area contributed by atoms with E-state index in [2.05, 4.69) is 10.2 Å². The minimum Gasteiger partial charge on any atom is -0.497 e. The summed E-state index contributed by atoms with van der Waals surface area (Å²) in [4.78, 5) is 0. The third-order valence-electron chi connectivity index (χ3n) is 3.93. The number of nitrogens with zero attached hydrogens (tertiary/aromatic N) is 2. The quantitative estimate of drug-likeness (QED) is 0.660. The molecule has 1 N–H and O–H groups in total. The van der Waals surface area contributed by atoms with Crippen LogP contribution in [0.3, 0.4) is 0 Å². The number of ether oxygens (including phenoxy) is 2. The van der Waals surface area contributed by atoms with Gasteiger partial charge in [0.05, 0.1) is 20.4 Å². The van der Waals surface area contributed by atoms with Gasteiger partial charge in [-0.3, -0.25) is 5.10 Å². The number of H-pyrrole nitrogens is 1. The van der Waals surface area contributed by atoms with Crippen LogP contribution in [-0.4, -0.2) is 32.9 Å². The van der Waals surface area contributed by atoms with Crippen LogP contribution >= 0.6 is 0 Å². The molecule has 0 fully saturated rings. The highest BCUT2D eigenvalue weighted by Gasteiger charge is 2.18. The van der Waals surface area contributed by atoms with Gasteiger partial charge in [-0.15, -0.1) is 0 Å². The third kappa shape index (κ3) is 4.50. The molecule has 0 aliphatic carbocycles. The van der Waals surface area contributed by atoms with Crippen LogP contribution in [-0.2, 0) is 24.1 Å². The number of rotatable bonds is 8. The first-order valence-corrected chi connectivity index (χ1v) is 9.22. The lowest BCUT2D eigenvalue weighted by Gasteiger charge is -2.21. The average Bonchev–Trinajstić information content (AvgIpc) is 3.23. The molecule has 0 spiro atoms. The highest BCUT2D eigenvalue weighted by Crippen LogP contribution is 2.20. The van der Waals surface area contributed by atoms with Gasteiger partial charge in [0.2, 0.25) is 0 Å². The van der Waals surface area contributed by atoms with Crippen LogP contribution < -0.4 is 9.47 Å². The molecule has 7 heteroatoms. The molecule has 0 aliphatic heterocycles. The lowest BCUT2D eigenvalue weighted by molar-refractivity contribution is 0.411. The second-order valence-electron chi connectivity index (χ2n) is 5.66. The molecule has 26 heavy (non-hydrogen) atoms. The number of hydrogen-bond acceptors (Lipinski definition) is 4. The molecule has 0 aliphatic rings. The van der Waals surface area contributed by atoms with E-state index in [1.54, 1.807) is 26.5 Å². The van der Waals surface area contributed by atoms with E-state index in [4.69, 9.17) is 9.47 Å². The van der Waals surface area contributed by atoms with Gasteiger partial charge in [0.1, 0.15) is 27.5 Å². The van der Waals surface area contributed by atoms with Gasteiger partial charge in [0, 0.05) is 13.1 Å². The van der Waals surface area contributed by atoms with E-state index >= 15 is 0 Å². The molecule has 2 aromatic carbocycles. The van der Waals surface area contributed by atoms with Crippen molar-refractivity contribution in [1.82, 2.24) is 14.5 Å². The van der Waals surface area contributed by atoms with Crippen LogP contribution in [0.2, 0.25) is 0 Å². The Morgan fingerprint density at radius 3 is 1.77 bits per heavy atom. The van der Waals surface area contributed by atoms with E-state index in [9.17, 15) is 4.21 Å². The normalized spacial score (nSPS) is 12.1. The first-order chi connectivity index (χ1) is 12.7.